The van der Waals surface area contributed by atoms with Crippen molar-refractivity contribution in [3.8, 4) is 0 Å². The Labute approximate surface area is 106 Å². The monoisotopic (exact) mass is 251 g/mol. The van der Waals surface area contributed by atoms with Gasteiger partial charge in [0.25, 0.3) is 0 Å². The van der Waals surface area contributed by atoms with Gasteiger partial charge in [-0.1, -0.05) is 19.9 Å². The van der Waals surface area contributed by atoms with Crippen LogP contribution in [0.25, 0.3) is 0 Å². The van der Waals surface area contributed by atoms with E-state index < -0.39 is 11.8 Å². The minimum Gasteiger partial charge on any atom is -0.478 e. The van der Waals surface area contributed by atoms with E-state index in [4.69, 9.17) is 5.11 Å². The van der Waals surface area contributed by atoms with Gasteiger partial charge < -0.3 is 5.11 Å². The molecule has 1 saturated heterocycles. The summed E-state index contributed by atoms with van der Waals surface area (Å²) in [4.78, 5) is 13.1. The normalized spacial score (nSPS) is 19.1. The zero-order valence-corrected chi connectivity index (χ0v) is 10.7. The second-order valence-electron chi connectivity index (χ2n) is 5.74. The Morgan fingerprint density at radius 3 is 2.78 bits per heavy atom. The number of aromatic carboxylic acids is 1. The Morgan fingerprint density at radius 1 is 1.50 bits per heavy atom. The van der Waals surface area contributed by atoms with Crippen LogP contribution in [0, 0.1) is 11.2 Å². The third-order valence-corrected chi connectivity index (χ3v) is 3.42. The highest BCUT2D eigenvalue weighted by atomic mass is 19.1. The Morgan fingerprint density at radius 2 is 2.22 bits per heavy atom. The van der Waals surface area contributed by atoms with Crippen molar-refractivity contribution in [1.29, 1.82) is 0 Å². The summed E-state index contributed by atoms with van der Waals surface area (Å²) >= 11 is 0. The van der Waals surface area contributed by atoms with Gasteiger partial charge in [0.05, 0.1) is 5.56 Å². The van der Waals surface area contributed by atoms with Crippen LogP contribution >= 0.6 is 0 Å². The summed E-state index contributed by atoms with van der Waals surface area (Å²) in [7, 11) is 0. The van der Waals surface area contributed by atoms with Gasteiger partial charge in [-0.15, -0.1) is 0 Å². The van der Waals surface area contributed by atoms with Gasteiger partial charge in [0, 0.05) is 13.1 Å². The van der Waals surface area contributed by atoms with Crippen molar-refractivity contribution in [2.24, 2.45) is 5.41 Å². The van der Waals surface area contributed by atoms with E-state index in [0.29, 0.717) is 12.0 Å². The minimum absolute atomic E-state index is 0.244. The van der Waals surface area contributed by atoms with Crippen molar-refractivity contribution in [2.75, 3.05) is 13.1 Å². The molecule has 0 amide bonds. The fraction of sp³-hybridized carbons (Fsp3) is 0.500. The van der Waals surface area contributed by atoms with Gasteiger partial charge in [-0.2, -0.15) is 0 Å². The Bertz CT molecular complexity index is 471. The Kier molecular flexibility index (Phi) is 3.39. The van der Waals surface area contributed by atoms with Crippen LogP contribution in [0.4, 0.5) is 4.39 Å². The van der Waals surface area contributed by atoms with Gasteiger partial charge in [-0.25, -0.2) is 9.18 Å². The van der Waals surface area contributed by atoms with Crippen LogP contribution < -0.4 is 0 Å². The van der Waals surface area contributed by atoms with E-state index in [1.165, 1.54) is 12.1 Å². The number of halogens is 1. The van der Waals surface area contributed by atoms with Gasteiger partial charge >= 0.3 is 5.97 Å². The van der Waals surface area contributed by atoms with E-state index in [1.54, 1.807) is 6.07 Å². The van der Waals surface area contributed by atoms with Crippen molar-refractivity contribution < 1.29 is 14.3 Å². The zero-order valence-electron chi connectivity index (χ0n) is 10.7. The molecule has 1 fully saturated rings. The number of nitrogens with zero attached hydrogens (tertiary/aromatic N) is 1. The average molecular weight is 251 g/mol. The van der Waals surface area contributed by atoms with Gasteiger partial charge in [-0.05, 0) is 36.1 Å². The minimum atomic E-state index is -1.21. The van der Waals surface area contributed by atoms with Crippen LogP contribution in [0.15, 0.2) is 18.2 Å². The van der Waals surface area contributed by atoms with E-state index >= 15 is 0 Å². The molecule has 2 rings (SSSR count). The highest BCUT2D eigenvalue weighted by molar-refractivity contribution is 5.88. The fourth-order valence-electron chi connectivity index (χ4n) is 2.45. The molecule has 18 heavy (non-hydrogen) atoms. The maximum absolute atomic E-state index is 13.3. The SMILES string of the molecule is CC1(C)CCN(Cc2ccc(F)c(C(=O)O)c2)C1. The second kappa shape index (κ2) is 4.69. The molecule has 0 bridgehead atoms. The van der Waals surface area contributed by atoms with E-state index in [1.807, 2.05) is 0 Å². The van der Waals surface area contributed by atoms with Gasteiger partial charge in [0.1, 0.15) is 5.82 Å². The summed E-state index contributed by atoms with van der Waals surface area (Å²) in [5.74, 6) is -1.89. The molecule has 0 radical (unpaired) electrons. The lowest BCUT2D eigenvalue weighted by atomic mass is 9.93. The van der Waals surface area contributed by atoms with E-state index in [9.17, 15) is 9.18 Å². The first-order chi connectivity index (χ1) is 8.37. The highest BCUT2D eigenvalue weighted by Crippen LogP contribution is 2.29. The Hall–Kier alpha value is -1.42. The summed E-state index contributed by atoms with van der Waals surface area (Å²) in [5, 5.41) is 8.88. The third kappa shape index (κ3) is 2.88. The third-order valence-electron chi connectivity index (χ3n) is 3.42. The first-order valence-corrected chi connectivity index (χ1v) is 6.11. The smallest absolute Gasteiger partial charge is 0.338 e. The number of likely N-dealkylation sites (tertiary alicyclic amines) is 1. The molecule has 0 spiro atoms. The van der Waals surface area contributed by atoms with Gasteiger partial charge in [0.2, 0.25) is 0 Å². The Balaban J connectivity index is 2.11. The van der Waals surface area contributed by atoms with Gasteiger partial charge in [-0.3, -0.25) is 4.90 Å². The fourth-order valence-corrected chi connectivity index (χ4v) is 2.45. The van der Waals surface area contributed by atoms with Crippen LogP contribution in [0.1, 0.15) is 36.2 Å². The molecule has 0 aliphatic carbocycles. The molecule has 0 aromatic heterocycles. The molecular formula is C14H18FNO2. The molecule has 1 aromatic carbocycles. The standard InChI is InChI=1S/C14H18FNO2/c1-14(2)5-6-16(9-14)8-10-3-4-12(15)11(7-10)13(17)18/h3-4,7H,5-6,8-9H2,1-2H3,(H,17,18). The number of rotatable bonds is 3. The van der Waals surface area contributed by atoms with Crippen LogP contribution in [0.2, 0.25) is 0 Å². The van der Waals surface area contributed by atoms with Crippen molar-refractivity contribution in [1.82, 2.24) is 4.90 Å². The molecule has 98 valence electrons. The lowest BCUT2D eigenvalue weighted by Crippen LogP contribution is -2.23. The van der Waals surface area contributed by atoms with E-state index in [-0.39, 0.29) is 5.56 Å². The summed E-state index contributed by atoms with van der Waals surface area (Å²) in [6.45, 7) is 7.13. The lowest BCUT2D eigenvalue weighted by molar-refractivity contribution is 0.0691. The quantitative estimate of drug-likeness (QED) is 0.898. The maximum Gasteiger partial charge on any atom is 0.338 e. The molecule has 3 nitrogen and oxygen atoms in total. The first-order valence-electron chi connectivity index (χ1n) is 6.11. The predicted molar refractivity (Wildman–Crippen MR) is 67.0 cm³/mol. The molecule has 1 aliphatic heterocycles. The topological polar surface area (TPSA) is 40.5 Å². The zero-order chi connectivity index (χ0) is 13.3. The van der Waals surface area contributed by atoms with Crippen LogP contribution in [0.5, 0.6) is 0 Å². The van der Waals surface area contributed by atoms with Crippen molar-refractivity contribution in [3.05, 3.63) is 35.1 Å². The molecule has 1 N–H and O–H groups in total. The molecule has 0 unspecified atom stereocenters. The van der Waals surface area contributed by atoms with Crippen molar-refractivity contribution in [2.45, 2.75) is 26.8 Å². The summed E-state index contributed by atoms with van der Waals surface area (Å²) in [6, 6.07) is 4.33. The van der Waals surface area contributed by atoms with Gasteiger partial charge in [0.15, 0.2) is 0 Å². The highest BCUT2D eigenvalue weighted by Gasteiger charge is 2.29. The summed E-state index contributed by atoms with van der Waals surface area (Å²) < 4.78 is 13.3. The molecule has 1 aromatic rings. The van der Waals surface area contributed by atoms with Crippen molar-refractivity contribution in [3.63, 3.8) is 0 Å². The number of hydrogen-bond donors (Lipinski definition) is 1. The number of carboxylic acid groups (broad SMARTS) is 1. The molecule has 4 heteroatoms. The maximum atomic E-state index is 13.3. The van der Waals surface area contributed by atoms with Crippen LogP contribution in [-0.4, -0.2) is 29.1 Å². The molecule has 0 atom stereocenters. The van der Waals surface area contributed by atoms with Crippen molar-refractivity contribution >= 4 is 5.97 Å². The number of benzene rings is 1. The predicted octanol–water partition coefficient (Wildman–Crippen LogP) is 2.76. The molecule has 0 saturated carbocycles. The molecular weight excluding hydrogens is 233 g/mol. The molecule has 1 aliphatic rings. The first kappa shape index (κ1) is 13.0. The lowest BCUT2D eigenvalue weighted by Gasteiger charge is -2.19. The van der Waals surface area contributed by atoms with E-state index in [2.05, 4.69) is 18.7 Å². The second-order valence-corrected chi connectivity index (χ2v) is 5.74. The number of carbonyl (C=O) groups is 1. The average Bonchev–Trinajstić information content (AvgIpc) is 2.60. The van der Waals surface area contributed by atoms with Crippen LogP contribution in [0.3, 0.4) is 0 Å². The van der Waals surface area contributed by atoms with Crippen LogP contribution in [-0.2, 0) is 6.54 Å². The van der Waals surface area contributed by atoms with E-state index in [0.717, 1.165) is 25.1 Å². The number of carboxylic acids is 1. The largest absolute Gasteiger partial charge is 0.478 e. The summed E-state index contributed by atoms with van der Waals surface area (Å²) in [6.07, 6.45) is 1.14. The molecule has 1 heterocycles. The number of hydrogen-bond acceptors (Lipinski definition) is 2. The summed E-state index contributed by atoms with van der Waals surface area (Å²) in [5.41, 5.74) is 0.924.